The molecule has 0 aliphatic rings. The molecule has 0 saturated carbocycles. The Morgan fingerprint density at radius 1 is 1.17 bits per heavy atom. The number of aryl methyl sites for hydroxylation is 2. The van der Waals surface area contributed by atoms with E-state index >= 15 is 0 Å². The molecule has 0 atom stereocenters. The first-order valence-electron chi connectivity index (χ1n) is 6.16. The predicted octanol–water partition coefficient (Wildman–Crippen LogP) is 1.67. The van der Waals surface area contributed by atoms with Crippen molar-refractivity contribution in [3.05, 3.63) is 29.3 Å². The number of para-hydroxylation sites is 1. The second-order valence-corrected chi connectivity index (χ2v) is 4.28. The van der Waals surface area contributed by atoms with Crippen LogP contribution in [0, 0.1) is 13.8 Å². The van der Waals surface area contributed by atoms with Gasteiger partial charge in [0.25, 0.3) is 0 Å². The number of hydrogen-bond acceptors (Lipinski definition) is 2. The molecule has 3 nitrogen and oxygen atoms in total. The fourth-order valence-corrected chi connectivity index (χ4v) is 1.84. The van der Waals surface area contributed by atoms with Gasteiger partial charge in [-0.25, -0.2) is 0 Å². The Balaban J connectivity index is 0.00000289. The Labute approximate surface area is 150 Å². The molecule has 1 aromatic carbocycles. The van der Waals surface area contributed by atoms with Crippen molar-refractivity contribution in [2.45, 2.75) is 27.7 Å². The van der Waals surface area contributed by atoms with E-state index in [2.05, 4.69) is 24.1 Å². The Morgan fingerprint density at radius 2 is 1.67 bits per heavy atom. The van der Waals surface area contributed by atoms with Gasteiger partial charge in [-0.2, -0.15) is 0 Å². The van der Waals surface area contributed by atoms with Gasteiger partial charge in [-0.1, -0.05) is 32.0 Å². The van der Waals surface area contributed by atoms with Crippen LogP contribution in [-0.2, 0) is 4.79 Å². The van der Waals surface area contributed by atoms with E-state index in [-0.39, 0.29) is 54.8 Å². The normalized spacial score (nSPS) is 10.1. The number of amides is 1. The van der Waals surface area contributed by atoms with E-state index < -0.39 is 0 Å². The Morgan fingerprint density at radius 3 is 2.11 bits per heavy atom. The first kappa shape index (κ1) is 18.2. The molecule has 98 valence electrons. The summed E-state index contributed by atoms with van der Waals surface area (Å²) in [5.41, 5.74) is 3.17. The number of anilines is 1. The number of carbonyl (C=O) groups is 1. The van der Waals surface area contributed by atoms with E-state index in [1.165, 1.54) is 0 Å². The van der Waals surface area contributed by atoms with Gasteiger partial charge in [0.05, 0.1) is 6.54 Å². The minimum atomic E-state index is 0. The van der Waals surface area contributed by atoms with Crippen molar-refractivity contribution in [2.75, 3.05) is 25.0 Å². The number of nitrogens with one attached hydrogen (secondary N) is 1. The summed E-state index contributed by atoms with van der Waals surface area (Å²) in [6.07, 6.45) is 0. The SMILES string of the molecule is CCN(CC)CC(=O)Nc1c(C)cccc1C.[BaH2]. The van der Waals surface area contributed by atoms with Crippen molar-refractivity contribution < 1.29 is 4.79 Å². The van der Waals surface area contributed by atoms with Gasteiger partial charge in [-0.3, -0.25) is 9.69 Å². The standard InChI is InChI=1S/C14H22N2O.Ba.2H/c1-5-16(6-2)10-13(17)15-14-11(3)8-7-9-12(14)4;;;/h7-9H,5-6,10H2,1-4H3,(H,15,17);;;. The first-order valence-corrected chi connectivity index (χ1v) is 6.16. The van der Waals surface area contributed by atoms with Crippen LogP contribution in [0.5, 0.6) is 0 Å². The Kier molecular flexibility index (Phi) is 9.29. The number of nitrogens with zero attached hydrogens (tertiary/aromatic N) is 1. The molecule has 0 unspecified atom stereocenters. The molecule has 1 aromatic rings. The molecule has 4 heteroatoms. The summed E-state index contributed by atoms with van der Waals surface area (Å²) >= 11 is 0. The third-order valence-electron chi connectivity index (χ3n) is 3.01. The van der Waals surface area contributed by atoms with Crippen LogP contribution < -0.4 is 5.32 Å². The summed E-state index contributed by atoms with van der Waals surface area (Å²) in [7, 11) is 0. The van der Waals surface area contributed by atoms with Crippen molar-refractivity contribution in [2.24, 2.45) is 0 Å². The Bertz CT molecular complexity index is 369. The first-order chi connectivity index (χ1) is 8.08. The molecule has 0 spiro atoms. The summed E-state index contributed by atoms with van der Waals surface area (Å²) in [6, 6.07) is 6.03. The molecule has 0 heterocycles. The van der Waals surface area contributed by atoms with Crippen LogP contribution in [0.4, 0.5) is 5.69 Å². The molecule has 0 saturated heterocycles. The molecule has 18 heavy (non-hydrogen) atoms. The van der Waals surface area contributed by atoms with Gasteiger partial charge in [0.15, 0.2) is 0 Å². The van der Waals surface area contributed by atoms with Crippen LogP contribution >= 0.6 is 0 Å². The Hall–Kier alpha value is 0.221. The quantitative estimate of drug-likeness (QED) is 0.796. The molecule has 0 aliphatic heterocycles. The molecule has 0 fully saturated rings. The van der Waals surface area contributed by atoms with Gasteiger partial charge in [0.1, 0.15) is 0 Å². The second kappa shape index (κ2) is 9.18. The number of likely N-dealkylation sites (N-methyl/N-ethyl adjacent to an activating group) is 1. The summed E-state index contributed by atoms with van der Waals surface area (Å²) < 4.78 is 0. The van der Waals surface area contributed by atoms with Crippen LogP contribution in [0.2, 0.25) is 0 Å². The van der Waals surface area contributed by atoms with Crippen LogP contribution in [0.15, 0.2) is 18.2 Å². The van der Waals surface area contributed by atoms with Crippen molar-refractivity contribution in [3.63, 3.8) is 0 Å². The van der Waals surface area contributed by atoms with E-state index in [0.717, 1.165) is 29.9 Å². The zero-order valence-corrected chi connectivity index (χ0v) is 11.2. The summed E-state index contributed by atoms with van der Waals surface area (Å²) in [5.74, 6) is 0.0612. The van der Waals surface area contributed by atoms with Crippen molar-refractivity contribution in [1.82, 2.24) is 4.90 Å². The van der Waals surface area contributed by atoms with Crippen molar-refractivity contribution in [1.29, 1.82) is 0 Å². The van der Waals surface area contributed by atoms with Gasteiger partial charge in [-0.05, 0) is 38.1 Å². The fraction of sp³-hybridized carbons (Fsp3) is 0.500. The zero-order chi connectivity index (χ0) is 12.8. The van der Waals surface area contributed by atoms with Crippen molar-refractivity contribution >= 4 is 60.5 Å². The summed E-state index contributed by atoms with van der Waals surface area (Å²) in [4.78, 5) is 14.0. The third-order valence-corrected chi connectivity index (χ3v) is 3.01. The summed E-state index contributed by atoms with van der Waals surface area (Å²) in [5, 5.41) is 3.00. The van der Waals surface area contributed by atoms with Gasteiger partial charge >= 0.3 is 48.9 Å². The van der Waals surface area contributed by atoms with Crippen LogP contribution in [0.1, 0.15) is 25.0 Å². The number of hydrogen-bond donors (Lipinski definition) is 1. The molecule has 0 aromatic heterocycles. The van der Waals surface area contributed by atoms with E-state index in [4.69, 9.17) is 0 Å². The number of rotatable bonds is 5. The maximum atomic E-state index is 11.9. The molecule has 0 bridgehead atoms. The van der Waals surface area contributed by atoms with E-state index in [9.17, 15) is 4.79 Å². The number of carbonyl (C=O) groups excluding carboxylic acids is 1. The molecular formula is C14H24BaN2O. The van der Waals surface area contributed by atoms with E-state index in [1.807, 2.05) is 32.0 Å². The minimum absolute atomic E-state index is 0. The average molecular weight is 374 g/mol. The van der Waals surface area contributed by atoms with E-state index in [1.54, 1.807) is 0 Å². The van der Waals surface area contributed by atoms with E-state index in [0.29, 0.717) is 6.54 Å². The topological polar surface area (TPSA) is 32.3 Å². The predicted molar refractivity (Wildman–Crippen MR) is 80.9 cm³/mol. The molecule has 1 amide bonds. The van der Waals surface area contributed by atoms with Crippen molar-refractivity contribution in [3.8, 4) is 0 Å². The fourth-order valence-electron chi connectivity index (χ4n) is 1.84. The second-order valence-electron chi connectivity index (χ2n) is 4.28. The van der Waals surface area contributed by atoms with Gasteiger partial charge in [0.2, 0.25) is 5.91 Å². The third kappa shape index (κ3) is 5.47. The van der Waals surface area contributed by atoms with Crippen LogP contribution in [0.3, 0.4) is 0 Å². The monoisotopic (exact) mass is 374 g/mol. The summed E-state index contributed by atoms with van der Waals surface area (Å²) in [6.45, 7) is 10.4. The van der Waals surface area contributed by atoms with Crippen LogP contribution in [-0.4, -0.2) is 79.3 Å². The maximum absolute atomic E-state index is 11.9. The van der Waals surface area contributed by atoms with Gasteiger partial charge in [0, 0.05) is 5.69 Å². The average Bonchev–Trinajstić information content (AvgIpc) is 2.31. The molecular weight excluding hydrogens is 349 g/mol. The zero-order valence-electron chi connectivity index (χ0n) is 11.2. The molecule has 0 radical (unpaired) electrons. The number of benzene rings is 1. The van der Waals surface area contributed by atoms with Gasteiger partial charge in [-0.15, -0.1) is 0 Å². The molecule has 1 rings (SSSR count). The van der Waals surface area contributed by atoms with Gasteiger partial charge < -0.3 is 5.32 Å². The van der Waals surface area contributed by atoms with Crippen LogP contribution in [0.25, 0.3) is 0 Å². The molecule has 0 aliphatic carbocycles. The molecule has 1 N–H and O–H groups in total.